The number of hydrogen-bond acceptors (Lipinski definition) is 4. The standard InChI is InChI=1S/C16H22O4/c1-9-5-8-15-10(9)6-7-13(15,2)11(17)16(12(18)19-4)14(15,3)20-16/h9-10H,5-8H2,1-4H3/t9-,10+,13+,14-,15-,16-/m1/s1. The third-order valence-corrected chi connectivity index (χ3v) is 7.39. The molecule has 4 heteroatoms. The van der Waals surface area contributed by atoms with Crippen molar-refractivity contribution >= 4 is 11.8 Å². The second-order valence-corrected chi connectivity index (χ2v) is 7.60. The van der Waals surface area contributed by atoms with Crippen LogP contribution in [0.4, 0.5) is 0 Å². The number of carbonyl (C=O) groups excluding carboxylic acids is 2. The molecule has 1 saturated heterocycles. The number of ether oxygens (including phenoxy) is 2. The van der Waals surface area contributed by atoms with Crippen LogP contribution in [0.5, 0.6) is 0 Å². The van der Waals surface area contributed by atoms with Crippen molar-refractivity contribution in [3.63, 3.8) is 0 Å². The van der Waals surface area contributed by atoms with Gasteiger partial charge in [-0.2, -0.15) is 0 Å². The molecule has 3 saturated carbocycles. The molecular weight excluding hydrogens is 256 g/mol. The van der Waals surface area contributed by atoms with E-state index in [0.717, 1.165) is 25.7 Å². The van der Waals surface area contributed by atoms with Crippen molar-refractivity contribution in [2.24, 2.45) is 22.7 Å². The zero-order chi connectivity index (χ0) is 14.6. The molecule has 0 bridgehead atoms. The topological polar surface area (TPSA) is 55.9 Å². The third kappa shape index (κ3) is 0.853. The number of Topliss-reactive ketones (excluding diaryl/α,β-unsaturated/α-hetero) is 1. The Hall–Kier alpha value is -0.900. The first-order chi connectivity index (χ1) is 9.32. The van der Waals surface area contributed by atoms with Crippen LogP contribution in [0.25, 0.3) is 0 Å². The van der Waals surface area contributed by atoms with E-state index in [-0.39, 0.29) is 11.2 Å². The Kier molecular flexibility index (Phi) is 2.01. The van der Waals surface area contributed by atoms with Crippen LogP contribution in [0.3, 0.4) is 0 Å². The summed E-state index contributed by atoms with van der Waals surface area (Å²) in [6, 6.07) is 0. The normalized spacial score (nSPS) is 59.1. The summed E-state index contributed by atoms with van der Waals surface area (Å²) in [7, 11) is 1.34. The minimum atomic E-state index is -1.31. The quantitative estimate of drug-likeness (QED) is 0.419. The molecule has 1 heterocycles. The number of carbonyl (C=O) groups is 2. The molecule has 0 radical (unpaired) electrons. The van der Waals surface area contributed by atoms with Gasteiger partial charge in [-0.05, 0) is 44.4 Å². The van der Waals surface area contributed by atoms with Crippen molar-refractivity contribution in [3.8, 4) is 0 Å². The summed E-state index contributed by atoms with van der Waals surface area (Å²) in [6.07, 6.45) is 4.10. The molecule has 1 spiro atoms. The van der Waals surface area contributed by atoms with Crippen LogP contribution in [-0.2, 0) is 19.1 Å². The van der Waals surface area contributed by atoms with Crippen LogP contribution in [0.2, 0.25) is 0 Å². The zero-order valence-corrected chi connectivity index (χ0v) is 12.6. The summed E-state index contributed by atoms with van der Waals surface area (Å²) in [4.78, 5) is 25.4. The monoisotopic (exact) mass is 278 g/mol. The highest BCUT2D eigenvalue weighted by Gasteiger charge is 2.96. The summed E-state index contributed by atoms with van der Waals surface area (Å²) in [5.74, 6) is 0.596. The van der Waals surface area contributed by atoms with Crippen LogP contribution >= 0.6 is 0 Å². The summed E-state index contributed by atoms with van der Waals surface area (Å²) < 4.78 is 10.8. The number of hydrogen-bond donors (Lipinski definition) is 0. The molecular formula is C16H22O4. The van der Waals surface area contributed by atoms with Gasteiger partial charge in [-0.15, -0.1) is 0 Å². The van der Waals surface area contributed by atoms with Crippen molar-refractivity contribution in [1.82, 2.24) is 0 Å². The minimum absolute atomic E-state index is 0.0176. The van der Waals surface area contributed by atoms with Crippen molar-refractivity contribution < 1.29 is 19.1 Å². The lowest BCUT2D eigenvalue weighted by Gasteiger charge is -2.42. The fourth-order valence-corrected chi connectivity index (χ4v) is 6.46. The average molecular weight is 278 g/mol. The van der Waals surface area contributed by atoms with Crippen LogP contribution in [-0.4, -0.2) is 30.1 Å². The van der Waals surface area contributed by atoms with Gasteiger partial charge in [-0.3, -0.25) is 4.79 Å². The Bertz CT molecular complexity index is 543. The molecule has 0 aromatic rings. The maximum atomic E-state index is 13.1. The lowest BCUT2D eigenvalue weighted by Crippen LogP contribution is -2.46. The molecule has 0 amide bonds. The molecule has 4 nitrogen and oxygen atoms in total. The number of rotatable bonds is 1. The minimum Gasteiger partial charge on any atom is -0.466 e. The maximum absolute atomic E-state index is 13.1. The molecule has 4 fully saturated rings. The fraction of sp³-hybridized carbons (Fsp3) is 0.875. The summed E-state index contributed by atoms with van der Waals surface area (Å²) >= 11 is 0. The van der Waals surface area contributed by atoms with Gasteiger partial charge < -0.3 is 9.47 Å². The Balaban J connectivity index is 1.93. The second-order valence-electron chi connectivity index (χ2n) is 7.60. The van der Waals surface area contributed by atoms with E-state index >= 15 is 0 Å². The number of ketones is 1. The van der Waals surface area contributed by atoms with E-state index in [1.54, 1.807) is 0 Å². The third-order valence-electron chi connectivity index (χ3n) is 7.39. The molecule has 1 aliphatic heterocycles. The van der Waals surface area contributed by atoms with E-state index < -0.39 is 22.6 Å². The Morgan fingerprint density at radius 1 is 1.30 bits per heavy atom. The highest BCUT2D eigenvalue weighted by atomic mass is 16.7. The molecule has 4 rings (SSSR count). The second kappa shape index (κ2) is 3.13. The smallest absolute Gasteiger partial charge is 0.349 e. The number of fused-ring (bicyclic) bond motifs is 1. The average Bonchev–Trinajstić information content (AvgIpc) is 2.71. The molecule has 0 aromatic carbocycles. The summed E-state index contributed by atoms with van der Waals surface area (Å²) in [5, 5.41) is 0. The van der Waals surface area contributed by atoms with E-state index in [9.17, 15) is 9.59 Å². The highest BCUT2D eigenvalue weighted by molar-refractivity contribution is 6.17. The highest BCUT2D eigenvalue weighted by Crippen LogP contribution is 2.83. The molecule has 110 valence electrons. The van der Waals surface area contributed by atoms with Gasteiger partial charge in [-0.25, -0.2) is 4.79 Å². The fourth-order valence-electron chi connectivity index (χ4n) is 6.46. The first-order valence-electron chi connectivity index (χ1n) is 7.65. The van der Waals surface area contributed by atoms with E-state index in [2.05, 4.69) is 13.8 Å². The molecule has 0 unspecified atom stereocenters. The molecule has 0 aromatic heterocycles. The number of methoxy groups -OCH3 is 1. The van der Waals surface area contributed by atoms with E-state index in [1.807, 2.05) is 6.92 Å². The van der Waals surface area contributed by atoms with Crippen LogP contribution in [0.15, 0.2) is 0 Å². The SMILES string of the molecule is COC(=O)[C@@]12O[C@]1(C)[C@]13CC[C@@H](C)[C@@H]1CC[C@@]3(C)C2=O. The van der Waals surface area contributed by atoms with Crippen LogP contribution in [0, 0.1) is 22.7 Å². The van der Waals surface area contributed by atoms with Crippen molar-refractivity contribution in [3.05, 3.63) is 0 Å². The Morgan fingerprint density at radius 2 is 2.00 bits per heavy atom. The van der Waals surface area contributed by atoms with E-state index in [0.29, 0.717) is 11.8 Å². The Labute approximate surface area is 119 Å². The zero-order valence-electron chi connectivity index (χ0n) is 12.6. The lowest BCUT2D eigenvalue weighted by molar-refractivity contribution is -0.155. The maximum Gasteiger partial charge on any atom is 0.349 e. The largest absolute Gasteiger partial charge is 0.466 e. The van der Waals surface area contributed by atoms with Gasteiger partial charge >= 0.3 is 5.97 Å². The van der Waals surface area contributed by atoms with E-state index in [4.69, 9.17) is 9.47 Å². The van der Waals surface area contributed by atoms with Gasteiger partial charge in [0, 0.05) is 10.8 Å². The molecule has 20 heavy (non-hydrogen) atoms. The van der Waals surface area contributed by atoms with Gasteiger partial charge in [0.05, 0.1) is 7.11 Å². The van der Waals surface area contributed by atoms with E-state index in [1.165, 1.54) is 7.11 Å². The molecule has 6 atom stereocenters. The summed E-state index contributed by atoms with van der Waals surface area (Å²) in [6.45, 7) is 6.32. The van der Waals surface area contributed by atoms with Crippen molar-refractivity contribution in [2.45, 2.75) is 57.7 Å². The predicted octanol–water partition coefficient (Wildman–Crippen LogP) is 2.10. The number of epoxide rings is 1. The molecule has 4 aliphatic rings. The van der Waals surface area contributed by atoms with Gasteiger partial charge in [-0.1, -0.05) is 13.8 Å². The lowest BCUT2D eigenvalue weighted by atomic mass is 9.61. The van der Waals surface area contributed by atoms with Gasteiger partial charge in [0.15, 0.2) is 5.78 Å². The van der Waals surface area contributed by atoms with Crippen LogP contribution < -0.4 is 0 Å². The van der Waals surface area contributed by atoms with Crippen molar-refractivity contribution in [1.29, 1.82) is 0 Å². The first-order valence-corrected chi connectivity index (χ1v) is 7.65. The van der Waals surface area contributed by atoms with Gasteiger partial charge in [0.2, 0.25) is 0 Å². The first kappa shape index (κ1) is 12.8. The summed E-state index contributed by atoms with van der Waals surface area (Å²) in [5.41, 5.74) is -2.53. The predicted molar refractivity (Wildman–Crippen MR) is 70.9 cm³/mol. The van der Waals surface area contributed by atoms with Gasteiger partial charge in [0.1, 0.15) is 5.60 Å². The van der Waals surface area contributed by atoms with Gasteiger partial charge in [0.25, 0.3) is 5.60 Å². The Morgan fingerprint density at radius 3 is 2.65 bits per heavy atom. The molecule has 0 N–H and O–H groups in total. The van der Waals surface area contributed by atoms with Crippen molar-refractivity contribution in [2.75, 3.05) is 7.11 Å². The molecule has 3 aliphatic carbocycles. The van der Waals surface area contributed by atoms with Crippen LogP contribution in [0.1, 0.15) is 46.5 Å². The number of esters is 1.